The van der Waals surface area contributed by atoms with Crippen LogP contribution in [0.1, 0.15) is 40.0 Å². The van der Waals surface area contributed by atoms with Gasteiger partial charge in [0.25, 0.3) is 0 Å². The Bertz CT molecular complexity index is 477. The lowest BCUT2D eigenvalue weighted by Crippen LogP contribution is -2.68. The Morgan fingerprint density at radius 3 is 2.71 bits per heavy atom. The van der Waals surface area contributed by atoms with Crippen LogP contribution in [0.15, 0.2) is 4.99 Å². The van der Waals surface area contributed by atoms with Gasteiger partial charge in [0, 0.05) is 43.6 Å². The SMILES string of the molecule is CCNC(=NCC(=O)N1CCCC1)NC1C2CCOC2C1(C)C.I. The zero-order valence-corrected chi connectivity index (χ0v) is 17.3. The number of fused-ring (bicyclic) bond motifs is 1. The Labute approximate surface area is 162 Å². The molecule has 6 nitrogen and oxygen atoms in total. The summed E-state index contributed by atoms with van der Waals surface area (Å²) in [5.74, 6) is 1.45. The minimum Gasteiger partial charge on any atom is -0.377 e. The molecule has 2 N–H and O–H groups in total. The van der Waals surface area contributed by atoms with Gasteiger partial charge in [-0.2, -0.15) is 0 Å². The fraction of sp³-hybridized carbons (Fsp3) is 0.882. The topological polar surface area (TPSA) is 66.0 Å². The number of halogens is 1. The van der Waals surface area contributed by atoms with E-state index in [1.165, 1.54) is 0 Å². The van der Waals surface area contributed by atoms with Gasteiger partial charge < -0.3 is 20.3 Å². The fourth-order valence-corrected chi connectivity index (χ4v) is 4.30. The van der Waals surface area contributed by atoms with Gasteiger partial charge in [-0.3, -0.25) is 4.79 Å². The second-order valence-electron chi connectivity index (χ2n) is 7.47. The van der Waals surface area contributed by atoms with Crippen molar-refractivity contribution in [2.24, 2.45) is 16.3 Å². The monoisotopic (exact) mass is 450 g/mol. The molecule has 3 aliphatic rings. The number of likely N-dealkylation sites (tertiary alicyclic amines) is 1. The number of guanidine groups is 1. The molecule has 0 aromatic heterocycles. The van der Waals surface area contributed by atoms with E-state index in [-0.39, 0.29) is 41.8 Å². The molecule has 7 heteroatoms. The minimum absolute atomic E-state index is 0. The predicted octanol–water partition coefficient (Wildman–Crippen LogP) is 1.60. The second-order valence-corrected chi connectivity index (χ2v) is 7.47. The summed E-state index contributed by atoms with van der Waals surface area (Å²) in [5, 5.41) is 6.82. The third kappa shape index (κ3) is 3.81. The van der Waals surface area contributed by atoms with E-state index in [9.17, 15) is 4.79 Å². The summed E-state index contributed by atoms with van der Waals surface area (Å²) in [7, 11) is 0. The Morgan fingerprint density at radius 2 is 2.04 bits per heavy atom. The van der Waals surface area contributed by atoms with Crippen LogP contribution in [0.2, 0.25) is 0 Å². The Hall–Kier alpha value is -0.570. The molecule has 3 atom stereocenters. The van der Waals surface area contributed by atoms with Crippen LogP contribution < -0.4 is 10.6 Å². The van der Waals surface area contributed by atoms with E-state index in [1.54, 1.807) is 0 Å². The zero-order valence-electron chi connectivity index (χ0n) is 15.0. The van der Waals surface area contributed by atoms with Crippen molar-refractivity contribution in [2.45, 2.75) is 52.2 Å². The lowest BCUT2D eigenvalue weighted by molar-refractivity contribution is -0.128. The van der Waals surface area contributed by atoms with Crippen molar-refractivity contribution >= 4 is 35.8 Å². The highest BCUT2D eigenvalue weighted by atomic mass is 127. The molecule has 0 bridgehead atoms. The van der Waals surface area contributed by atoms with E-state index in [0.29, 0.717) is 18.1 Å². The predicted molar refractivity (Wildman–Crippen MR) is 106 cm³/mol. The minimum atomic E-state index is 0. The molecule has 3 unspecified atom stereocenters. The molecule has 0 aromatic rings. The Balaban J connectivity index is 0.00000208. The van der Waals surface area contributed by atoms with E-state index in [4.69, 9.17) is 4.74 Å². The Morgan fingerprint density at radius 1 is 1.33 bits per heavy atom. The number of carbonyl (C=O) groups excluding carboxylic acids is 1. The van der Waals surface area contributed by atoms with Crippen LogP contribution in [-0.2, 0) is 9.53 Å². The van der Waals surface area contributed by atoms with Crippen molar-refractivity contribution in [3.8, 4) is 0 Å². The first-order valence-electron chi connectivity index (χ1n) is 8.98. The van der Waals surface area contributed by atoms with Gasteiger partial charge in [0.05, 0.1) is 6.10 Å². The Kier molecular flexibility index (Phi) is 6.75. The lowest BCUT2D eigenvalue weighted by atomic mass is 9.57. The smallest absolute Gasteiger partial charge is 0.244 e. The van der Waals surface area contributed by atoms with Gasteiger partial charge in [0.15, 0.2) is 5.96 Å². The normalized spacial score (nSPS) is 31.0. The van der Waals surface area contributed by atoms with Crippen LogP contribution in [0, 0.1) is 11.3 Å². The van der Waals surface area contributed by atoms with E-state index >= 15 is 0 Å². The van der Waals surface area contributed by atoms with Crippen LogP contribution >= 0.6 is 24.0 Å². The highest BCUT2D eigenvalue weighted by Crippen LogP contribution is 2.52. The highest BCUT2D eigenvalue weighted by Gasteiger charge is 2.59. The molecule has 3 fully saturated rings. The molecule has 1 saturated carbocycles. The first kappa shape index (κ1) is 19.8. The molecule has 2 saturated heterocycles. The summed E-state index contributed by atoms with van der Waals surface area (Å²) in [5.41, 5.74) is 0.107. The van der Waals surface area contributed by atoms with Crippen LogP contribution in [-0.4, -0.2) is 61.7 Å². The molecular weight excluding hydrogens is 419 g/mol. The number of amides is 1. The van der Waals surface area contributed by atoms with Crippen LogP contribution in [0.4, 0.5) is 0 Å². The molecule has 0 aromatic carbocycles. The van der Waals surface area contributed by atoms with Crippen molar-refractivity contribution < 1.29 is 9.53 Å². The number of nitrogens with one attached hydrogen (secondary N) is 2. The van der Waals surface area contributed by atoms with Gasteiger partial charge in [-0.15, -0.1) is 24.0 Å². The summed E-state index contributed by atoms with van der Waals surface area (Å²) in [6, 6.07) is 0.356. The first-order chi connectivity index (χ1) is 11.0. The molecule has 1 aliphatic carbocycles. The van der Waals surface area contributed by atoms with Gasteiger partial charge in [0.1, 0.15) is 6.54 Å². The standard InChI is InChI=1S/C17H30N4O2.HI/c1-4-18-16(19-11-13(22)21-8-5-6-9-21)20-14-12-7-10-23-15(12)17(14,2)3;/h12,14-15H,4-11H2,1-3H3,(H2,18,19,20);1H. The number of carbonyl (C=O) groups is 1. The zero-order chi connectivity index (χ0) is 16.4. The molecule has 1 amide bonds. The summed E-state index contributed by atoms with van der Waals surface area (Å²) >= 11 is 0. The van der Waals surface area contributed by atoms with Crippen LogP contribution in [0.3, 0.4) is 0 Å². The van der Waals surface area contributed by atoms with E-state index in [1.807, 2.05) is 11.8 Å². The van der Waals surface area contributed by atoms with E-state index < -0.39 is 0 Å². The summed E-state index contributed by atoms with van der Waals surface area (Å²) in [4.78, 5) is 18.6. The summed E-state index contributed by atoms with van der Waals surface area (Å²) in [6.07, 6.45) is 3.70. The molecule has 24 heavy (non-hydrogen) atoms. The maximum Gasteiger partial charge on any atom is 0.244 e. The fourth-order valence-electron chi connectivity index (χ4n) is 4.30. The average Bonchev–Trinajstić information content (AvgIpc) is 3.19. The third-order valence-corrected chi connectivity index (χ3v) is 5.57. The molecular formula is C17H31IN4O2. The lowest BCUT2D eigenvalue weighted by Gasteiger charge is -2.54. The first-order valence-corrected chi connectivity index (χ1v) is 8.98. The second kappa shape index (κ2) is 8.21. The number of hydrogen-bond acceptors (Lipinski definition) is 3. The highest BCUT2D eigenvalue weighted by molar-refractivity contribution is 14.0. The van der Waals surface area contributed by atoms with Gasteiger partial charge in [0.2, 0.25) is 5.91 Å². The van der Waals surface area contributed by atoms with Gasteiger partial charge >= 0.3 is 0 Å². The summed E-state index contributed by atoms with van der Waals surface area (Å²) in [6.45, 7) is 10.2. The molecule has 0 radical (unpaired) electrons. The van der Waals surface area contributed by atoms with Crippen molar-refractivity contribution in [3.05, 3.63) is 0 Å². The third-order valence-electron chi connectivity index (χ3n) is 5.57. The van der Waals surface area contributed by atoms with Crippen LogP contribution in [0.25, 0.3) is 0 Å². The molecule has 138 valence electrons. The van der Waals surface area contributed by atoms with E-state index in [2.05, 4.69) is 29.5 Å². The van der Waals surface area contributed by atoms with E-state index in [0.717, 1.165) is 51.5 Å². The van der Waals surface area contributed by atoms with Gasteiger partial charge in [-0.25, -0.2) is 4.99 Å². The van der Waals surface area contributed by atoms with Crippen LogP contribution in [0.5, 0.6) is 0 Å². The van der Waals surface area contributed by atoms with Gasteiger partial charge in [-0.1, -0.05) is 13.8 Å². The van der Waals surface area contributed by atoms with Crippen molar-refractivity contribution in [1.29, 1.82) is 0 Å². The van der Waals surface area contributed by atoms with Crippen molar-refractivity contribution in [3.63, 3.8) is 0 Å². The largest absolute Gasteiger partial charge is 0.377 e. The number of ether oxygens (including phenoxy) is 1. The molecule has 2 heterocycles. The number of nitrogens with zero attached hydrogens (tertiary/aromatic N) is 2. The molecule has 3 rings (SSSR count). The van der Waals surface area contributed by atoms with Crippen molar-refractivity contribution in [2.75, 3.05) is 32.8 Å². The van der Waals surface area contributed by atoms with Gasteiger partial charge in [-0.05, 0) is 26.2 Å². The molecule has 2 aliphatic heterocycles. The quantitative estimate of drug-likeness (QED) is 0.388. The summed E-state index contributed by atoms with van der Waals surface area (Å²) < 4.78 is 5.84. The number of hydrogen-bond donors (Lipinski definition) is 2. The number of rotatable bonds is 4. The maximum absolute atomic E-state index is 12.2. The maximum atomic E-state index is 12.2. The molecule has 0 spiro atoms. The van der Waals surface area contributed by atoms with Crippen molar-refractivity contribution in [1.82, 2.24) is 15.5 Å². The number of aliphatic imine (C=N–C) groups is 1. The average molecular weight is 450 g/mol.